The molecule has 17 heavy (non-hydrogen) atoms. The SMILES string of the molecule is CC[C@@H](CO)NC(=O)NC[C@H](C)c1ccsc1. The van der Waals surface area contributed by atoms with Crippen LogP contribution in [-0.4, -0.2) is 30.3 Å². The Hall–Kier alpha value is -1.07. The van der Waals surface area contributed by atoms with Gasteiger partial charge in [0.1, 0.15) is 0 Å². The molecule has 0 aliphatic heterocycles. The summed E-state index contributed by atoms with van der Waals surface area (Å²) in [6, 6.07) is 1.69. The van der Waals surface area contributed by atoms with E-state index in [0.29, 0.717) is 12.5 Å². The van der Waals surface area contributed by atoms with Crippen LogP contribution in [0.4, 0.5) is 4.79 Å². The van der Waals surface area contributed by atoms with Crippen LogP contribution in [-0.2, 0) is 0 Å². The van der Waals surface area contributed by atoms with E-state index in [1.807, 2.05) is 12.3 Å². The average Bonchev–Trinajstić information content (AvgIpc) is 2.86. The van der Waals surface area contributed by atoms with E-state index in [1.165, 1.54) is 5.56 Å². The number of hydrogen-bond donors (Lipinski definition) is 3. The van der Waals surface area contributed by atoms with Crippen molar-refractivity contribution < 1.29 is 9.90 Å². The molecule has 0 bridgehead atoms. The van der Waals surface area contributed by atoms with Gasteiger partial charge in [-0.05, 0) is 34.7 Å². The second-order valence-corrected chi connectivity index (χ2v) is 4.88. The lowest BCUT2D eigenvalue weighted by Crippen LogP contribution is -2.44. The quantitative estimate of drug-likeness (QED) is 0.728. The zero-order valence-corrected chi connectivity index (χ0v) is 11.1. The maximum Gasteiger partial charge on any atom is 0.315 e. The van der Waals surface area contributed by atoms with Gasteiger partial charge < -0.3 is 15.7 Å². The maximum atomic E-state index is 11.5. The number of aliphatic hydroxyl groups is 1. The molecule has 0 spiro atoms. The zero-order valence-electron chi connectivity index (χ0n) is 10.3. The number of thiophene rings is 1. The first-order valence-electron chi connectivity index (χ1n) is 5.84. The van der Waals surface area contributed by atoms with Crippen molar-refractivity contribution in [2.75, 3.05) is 13.2 Å². The Labute approximate surface area is 106 Å². The highest BCUT2D eigenvalue weighted by atomic mass is 32.1. The summed E-state index contributed by atoms with van der Waals surface area (Å²) in [5.74, 6) is 0.307. The summed E-state index contributed by atoms with van der Waals surface area (Å²) >= 11 is 1.66. The molecule has 96 valence electrons. The van der Waals surface area contributed by atoms with Crippen molar-refractivity contribution in [1.82, 2.24) is 10.6 Å². The molecule has 1 aromatic heterocycles. The highest BCUT2D eigenvalue weighted by molar-refractivity contribution is 7.07. The molecule has 1 rings (SSSR count). The van der Waals surface area contributed by atoms with Crippen molar-refractivity contribution in [3.05, 3.63) is 22.4 Å². The van der Waals surface area contributed by atoms with E-state index < -0.39 is 0 Å². The molecule has 0 fully saturated rings. The van der Waals surface area contributed by atoms with Gasteiger partial charge in [0.05, 0.1) is 12.6 Å². The normalized spacial score (nSPS) is 14.1. The Morgan fingerprint density at radius 2 is 2.35 bits per heavy atom. The van der Waals surface area contributed by atoms with E-state index in [1.54, 1.807) is 11.3 Å². The lowest BCUT2D eigenvalue weighted by molar-refractivity contribution is 0.214. The number of carbonyl (C=O) groups is 1. The summed E-state index contributed by atoms with van der Waals surface area (Å²) in [4.78, 5) is 11.5. The number of urea groups is 1. The molecule has 2 amide bonds. The third kappa shape index (κ3) is 4.75. The van der Waals surface area contributed by atoms with Crippen LogP contribution >= 0.6 is 11.3 Å². The molecular formula is C12H20N2O2S. The predicted molar refractivity (Wildman–Crippen MR) is 70.4 cm³/mol. The van der Waals surface area contributed by atoms with Gasteiger partial charge in [-0.25, -0.2) is 4.79 Å². The third-order valence-electron chi connectivity index (χ3n) is 2.73. The van der Waals surface area contributed by atoms with E-state index in [9.17, 15) is 4.79 Å². The first-order chi connectivity index (χ1) is 8.17. The molecule has 4 nitrogen and oxygen atoms in total. The fourth-order valence-corrected chi connectivity index (χ4v) is 2.21. The summed E-state index contributed by atoms with van der Waals surface area (Å²) in [6.45, 7) is 4.58. The number of hydrogen-bond acceptors (Lipinski definition) is 3. The Balaban J connectivity index is 2.28. The molecule has 5 heteroatoms. The molecule has 0 saturated heterocycles. The van der Waals surface area contributed by atoms with Crippen molar-refractivity contribution in [3.8, 4) is 0 Å². The Bertz CT molecular complexity index is 323. The smallest absolute Gasteiger partial charge is 0.315 e. The van der Waals surface area contributed by atoms with E-state index in [-0.39, 0.29) is 18.7 Å². The fourth-order valence-electron chi connectivity index (χ4n) is 1.43. The van der Waals surface area contributed by atoms with Crippen molar-refractivity contribution >= 4 is 17.4 Å². The molecule has 1 heterocycles. The van der Waals surface area contributed by atoms with E-state index >= 15 is 0 Å². The summed E-state index contributed by atoms with van der Waals surface area (Å²) < 4.78 is 0. The fraction of sp³-hybridized carbons (Fsp3) is 0.583. The van der Waals surface area contributed by atoms with Gasteiger partial charge in [-0.3, -0.25) is 0 Å². The number of nitrogens with one attached hydrogen (secondary N) is 2. The van der Waals surface area contributed by atoms with Gasteiger partial charge in [0.25, 0.3) is 0 Å². The van der Waals surface area contributed by atoms with Gasteiger partial charge in [0.2, 0.25) is 0 Å². The van der Waals surface area contributed by atoms with Gasteiger partial charge in [-0.1, -0.05) is 13.8 Å². The lowest BCUT2D eigenvalue weighted by atomic mass is 10.1. The molecule has 0 aliphatic rings. The van der Waals surface area contributed by atoms with E-state index in [4.69, 9.17) is 5.11 Å². The van der Waals surface area contributed by atoms with Gasteiger partial charge in [-0.2, -0.15) is 11.3 Å². The molecule has 0 aromatic carbocycles. The van der Waals surface area contributed by atoms with Crippen LogP contribution in [0.5, 0.6) is 0 Å². The first kappa shape index (κ1) is 14.0. The topological polar surface area (TPSA) is 61.4 Å². The Kier molecular flexibility index (Phi) is 6.00. The molecule has 2 atom stereocenters. The highest BCUT2D eigenvalue weighted by Gasteiger charge is 2.11. The van der Waals surface area contributed by atoms with Crippen LogP contribution in [0.1, 0.15) is 31.7 Å². The van der Waals surface area contributed by atoms with Crippen molar-refractivity contribution in [2.24, 2.45) is 0 Å². The molecule has 0 aliphatic carbocycles. The standard InChI is InChI=1S/C12H20N2O2S/c1-3-11(7-15)14-12(16)13-6-9(2)10-4-5-17-8-10/h4-5,8-9,11,15H,3,6-7H2,1-2H3,(H2,13,14,16)/t9-,11-/m0/s1. The molecule has 0 saturated carbocycles. The molecule has 0 radical (unpaired) electrons. The van der Waals surface area contributed by atoms with Crippen molar-refractivity contribution in [3.63, 3.8) is 0 Å². The van der Waals surface area contributed by atoms with Crippen LogP contribution in [0.2, 0.25) is 0 Å². The Morgan fingerprint density at radius 1 is 1.59 bits per heavy atom. The monoisotopic (exact) mass is 256 g/mol. The second-order valence-electron chi connectivity index (χ2n) is 4.10. The zero-order chi connectivity index (χ0) is 12.7. The van der Waals surface area contributed by atoms with Crippen molar-refractivity contribution in [2.45, 2.75) is 32.2 Å². The summed E-state index contributed by atoms with van der Waals surface area (Å²) in [5, 5.41) is 18.6. The number of rotatable bonds is 6. The van der Waals surface area contributed by atoms with Crippen LogP contribution < -0.4 is 10.6 Å². The van der Waals surface area contributed by atoms with Crippen LogP contribution in [0.3, 0.4) is 0 Å². The number of aliphatic hydroxyl groups excluding tert-OH is 1. The number of amides is 2. The van der Waals surface area contributed by atoms with Gasteiger partial charge >= 0.3 is 6.03 Å². The lowest BCUT2D eigenvalue weighted by Gasteiger charge is -2.16. The average molecular weight is 256 g/mol. The Morgan fingerprint density at radius 3 is 2.88 bits per heavy atom. The minimum Gasteiger partial charge on any atom is -0.394 e. The summed E-state index contributed by atoms with van der Waals surface area (Å²) in [7, 11) is 0. The number of carbonyl (C=O) groups excluding carboxylic acids is 1. The molecule has 0 unspecified atom stereocenters. The highest BCUT2D eigenvalue weighted by Crippen LogP contribution is 2.16. The van der Waals surface area contributed by atoms with Crippen LogP contribution in [0.15, 0.2) is 16.8 Å². The van der Waals surface area contributed by atoms with Crippen LogP contribution in [0.25, 0.3) is 0 Å². The summed E-state index contributed by atoms with van der Waals surface area (Å²) in [6.07, 6.45) is 0.726. The largest absolute Gasteiger partial charge is 0.394 e. The maximum absolute atomic E-state index is 11.5. The third-order valence-corrected chi connectivity index (χ3v) is 3.43. The van der Waals surface area contributed by atoms with Crippen LogP contribution in [0, 0.1) is 0 Å². The summed E-state index contributed by atoms with van der Waals surface area (Å²) in [5.41, 5.74) is 1.24. The second kappa shape index (κ2) is 7.29. The van der Waals surface area contributed by atoms with Gasteiger partial charge in [0.15, 0.2) is 0 Å². The minimum atomic E-state index is -0.215. The van der Waals surface area contributed by atoms with Crippen molar-refractivity contribution in [1.29, 1.82) is 0 Å². The first-order valence-corrected chi connectivity index (χ1v) is 6.79. The molecule has 1 aromatic rings. The van der Waals surface area contributed by atoms with E-state index in [2.05, 4.69) is 29.0 Å². The minimum absolute atomic E-state index is 0.0238. The molecular weight excluding hydrogens is 236 g/mol. The van der Waals surface area contributed by atoms with Gasteiger partial charge in [0, 0.05) is 6.54 Å². The van der Waals surface area contributed by atoms with Gasteiger partial charge in [-0.15, -0.1) is 0 Å². The predicted octanol–water partition coefficient (Wildman–Crippen LogP) is 1.92. The molecule has 3 N–H and O–H groups in total. The van der Waals surface area contributed by atoms with E-state index in [0.717, 1.165) is 6.42 Å².